The predicted molar refractivity (Wildman–Crippen MR) is 180 cm³/mol. The number of ether oxygens (including phenoxy) is 2. The minimum atomic E-state index is -4.50. The Balaban J connectivity index is 1.63. The van der Waals surface area contributed by atoms with Gasteiger partial charge in [0.1, 0.15) is 11.5 Å². The summed E-state index contributed by atoms with van der Waals surface area (Å²) in [5, 5.41) is 0. The van der Waals surface area contributed by atoms with Gasteiger partial charge in [0.25, 0.3) is 10.1 Å². The monoisotopic (exact) mass is 621 g/mol. The van der Waals surface area contributed by atoms with Gasteiger partial charge in [0.05, 0.1) is 6.61 Å². The summed E-state index contributed by atoms with van der Waals surface area (Å²) < 4.78 is 48.2. The molecule has 0 atom stereocenters. The van der Waals surface area contributed by atoms with Crippen molar-refractivity contribution in [3.63, 3.8) is 0 Å². The minimum absolute atomic E-state index is 0.148. The fraction of sp³-hybridized carbons (Fsp3) is 0.162. The number of methoxy groups -OCH3 is 2. The maximum atomic E-state index is 12.5. The molecule has 0 saturated heterocycles. The fourth-order valence-corrected chi connectivity index (χ4v) is 6.09. The molecule has 0 radical (unpaired) electrons. The van der Waals surface area contributed by atoms with Crippen LogP contribution in [0.4, 0.5) is 17.1 Å². The normalized spacial score (nSPS) is 12.8. The highest BCUT2D eigenvalue weighted by molar-refractivity contribution is 7.86. The second kappa shape index (κ2) is 14.9. The molecule has 0 aliphatic heterocycles. The molecule has 7 nitrogen and oxygen atoms in total. The third-order valence-corrected chi connectivity index (χ3v) is 8.46. The number of anilines is 2. The Morgan fingerprint density at radius 2 is 1.29 bits per heavy atom. The number of hydrogen-bond donors (Lipinski definition) is 1. The molecule has 8 heteroatoms. The Hall–Kier alpha value is -4.60. The maximum Gasteiger partial charge on any atom is 0.295 e. The van der Waals surface area contributed by atoms with E-state index in [4.69, 9.17) is 9.47 Å². The van der Waals surface area contributed by atoms with Crippen molar-refractivity contribution in [2.45, 2.75) is 4.90 Å². The molecule has 0 heterocycles. The van der Waals surface area contributed by atoms with E-state index in [1.54, 1.807) is 32.4 Å². The van der Waals surface area contributed by atoms with Gasteiger partial charge in [-0.3, -0.25) is 4.55 Å². The smallest absolute Gasteiger partial charge is 0.295 e. The number of para-hydroxylation sites is 2. The highest BCUT2D eigenvalue weighted by Crippen LogP contribution is 2.35. The lowest BCUT2D eigenvalue weighted by atomic mass is 9.90. The van der Waals surface area contributed by atoms with Crippen LogP contribution in [0.5, 0.6) is 0 Å². The van der Waals surface area contributed by atoms with Gasteiger partial charge in [-0.2, -0.15) is 13.0 Å². The van der Waals surface area contributed by atoms with Crippen LogP contribution in [0.15, 0.2) is 144 Å². The van der Waals surface area contributed by atoms with Gasteiger partial charge in [0, 0.05) is 62.0 Å². The second-order valence-corrected chi connectivity index (χ2v) is 11.8. The number of nitrogens with zero attached hydrogens (tertiary/aromatic N) is 2. The van der Waals surface area contributed by atoms with E-state index >= 15 is 0 Å². The first-order valence-electron chi connectivity index (χ1n) is 14.7. The Morgan fingerprint density at radius 3 is 1.91 bits per heavy atom. The minimum Gasteiger partial charge on any atom is -0.383 e. The van der Waals surface area contributed by atoms with Crippen LogP contribution in [0, 0.1) is 0 Å². The molecule has 0 spiro atoms. The van der Waals surface area contributed by atoms with Gasteiger partial charge in [-0.1, -0.05) is 66.7 Å². The van der Waals surface area contributed by atoms with Crippen molar-refractivity contribution in [1.29, 1.82) is 0 Å². The fourth-order valence-electron chi connectivity index (χ4n) is 5.39. The summed E-state index contributed by atoms with van der Waals surface area (Å²) in [6, 6.07) is 34.7. The number of allylic oxidation sites excluding steroid dienone is 5. The lowest BCUT2D eigenvalue weighted by Gasteiger charge is -2.25. The molecule has 0 aromatic heterocycles. The lowest BCUT2D eigenvalue weighted by Crippen LogP contribution is -2.21. The first-order valence-corrected chi connectivity index (χ1v) is 16.1. The van der Waals surface area contributed by atoms with E-state index in [1.165, 1.54) is 6.07 Å². The molecule has 1 aliphatic rings. The number of hydrogen-bond acceptors (Lipinski definition) is 5. The molecule has 1 N–H and O–H groups in total. The predicted octanol–water partition coefficient (Wildman–Crippen LogP) is 7.08. The topological polar surface area (TPSA) is 79.1 Å². The molecule has 230 valence electrons. The molecule has 0 amide bonds. The Bertz CT molecular complexity index is 1810. The van der Waals surface area contributed by atoms with Crippen molar-refractivity contribution < 1.29 is 27.0 Å². The standard InChI is InChI=1S/C37H36N2O5S/c1-43-27-25-38(31-11-5-3-6-12-31)33-21-17-29(18-22-33)37(35-15-9-10-16-36(35)45(40,41)42)30-19-23-34(24-20-30)39(26-28-44-2)32-13-7-4-8-14-32/h3-24H,25-28H2,1-2H3/p+1. The van der Waals surface area contributed by atoms with Crippen molar-refractivity contribution in [2.24, 2.45) is 0 Å². The molecule has 0 bridgehead atoms. The summed E-state index contributed by atoms with van der Waals surface area (Å²) in [6.45, 7) is 2.41. The van der Waals surface area contributed by atoms with Crippen LogP contribution >= 0.6 is 0 Å². The molecular weight excluding hydrogens is 584 g/mol. The molecule has 0 saturated carbocycles. The summed E-state index contributed by atoms with van der Waals surface area (Å²) >= 11 is 0. The van der Waals surface area contributed by atoms with E-state index in [-0.39, 0.29) is 4.90 Å². The van der Waals surface area contributed by atoms with Gasteiger partial charge < -0.3 is 14.4 Å². The molecule has 0 unspecified atom stereocenters. The van der Waals surface area contributed by atoms with Gasteiger partial charge in [0.15, 0.2) is 6.54 Å². The maximum absolute atomic E-state index is 12.5. The zero-order valence-electron chi connectivity index (χ0n) is 25.4. The van der Waals surface area contributed by atoms with Gasteiger partial charge >= 0.3 is 0 Å². The zero-order chi connectivity index (χ0) is 31.6. The Kier molecular flexibility index (Phi) is 10.5. The number of benzene rings is 4. The number of rotatable bonds is 12. The van der Waals surface area contributed by atoms with Crippen LogP contribution in [-0.4, -0.2) is 63.8 Å². The van der Waals surface area contributed by atoms with Crippen molar-refractivity contribution in [3.8, 4) is 0 Å². The first-order chi connectivity index (χ1) is 21.9. The van der Waals surface area contributed by atoms with Crippen LogP contribution in [0.25, 0.3) is 5.57 Å². The van der Waals surface area contributed by atoms with Gasteiger partial charge in [0.2, 0.25) is 11.4 Å². The Labute approximate surface area is 265 Å². The van der Waals surface area contributed by atoms with Crippen LogP contribution < -0.4 is 4.90 Å². The summed E-state index contributed by atoms with van der Waals surface area (Å²) in [7, 11) is -1.13. The van der Waals surface area contributed by atoms with E-state index in [2.05, 4.69) is 33.7 Å². The van der Waals surface area contributed by atoms with E-state index in [0.717, 1.165) is 33.9 Å². The van der Waals surface area contributed by atoms with Crippen LogP contribution in [0.1, 0.15) is 11.1 Å². The zero-order valence-corrected chi connectivity index (χ0v) is 26.2. The summed E-state index contributed by atoms with van der Waals surface area (Å²) in [6.07, 6.45) is 8.00. The van der Waals surface area contributed by atoms with Gasteiger partial charge in [-0.15, -0.1) is 0 Å². The third kappa shape index (κ3) is 7.74. The van der Waals surface area contributed by atoms with Crippen LogP contribution in [0.3, 0.4) is 0 Å². The largest absolute Gasteiger partial charge is 0.383 e. The molecule has 4 aromatic carbocycles. The highest BCUT2D eigenvalue weighted by Gasteiger charge is 2.23. The second-order valence-electron chi connectivity index (χ2n) is 10.4. The van der Waals surface area contributed by atoms with Gasteiger partial charge in [-0.05, 0) is 59.2 Å². The van der Waals surface area contributed by atoms with Crippen molar-refractivity contribution >= 4 is 38.5 Å². The Morgan fingerprint density at radius 1 is 0.711 bits per heavy atom. The van der Waals surface area contributed by atoms with Crippen molar-refractivity contribution in [2.75, 3.05) is 45.4 Å². The van der Waals surface area contributed by atoms with Crippen molar-refractivity contribution in [1.82, 2.24) is 0 Å². The van der Waals surface area contributed by atoms with E-state index in [9.17, 15) is 13.0 Å². The molecule has 45 heavy (non-hydrogen) atoms. The molecule has 0 fully saturated rings. The average molecular weight is 622 g/mol. The van der Waals surface area contributed by atoms with Crippen LogP contribution in [0.2, 0.25) is 0 Å². The molecular formula is C37H37N2O5S+. The third-order valence-electron chi connectivity index (χ3n) is 7.54. The lowest BCUT2D eigenvalue weighted by molar-refractivity contribution is -0.443. The summed E-state index contributed by atoms with van der Waals surface area (Å²) in [4.78, 5) is 2.02. The van der Waals surface area contributed by atoms with Crippen molar-refractivity contribution in [3.05, 3.63) is 150 Å². The van der Waals surface area contributed by atoms with Gasteiger partial charge in [-0.25, -0.2) is 0 Å². The van der Waals surface area contributed by atoms with E-state index in [0.29, 0.717) is 37.4 Å². The molecule has 5 rings (SSSR count). The quantitative estimate of drug-likeness (QED) is 0.135. The van der Waals surface area contributed by atoms with Crippen LogP contribution in [-0.2, 0) is 19.6 Å². The molecule has 4 aromatic rings. The average Bonchev–Trinajstić information content (AvgIpc) is 3.07. The van der Waals surface area contributed by atoms with E-state index < -0.39 is 10.1 Å². The summed E-state index contributed by atoms with van der Waals surface area (Å²) in [5.74, 6) is 0. The van der Waals surface area contributed by atoms with E-state index in [1.807, 2.05) is 85.0 Å². The summed E-state index contributed by atoms with van der Waals surface area (Å²) in [5.41, 5.74) is 6.73. The highest BCUT2D eigenvalue weighted by atomic mass is 32.2. The first kappa shape index (κ1) is 31.8. The molecule has 1 aliphatic carbocycles. The SMILES string of the molecule is COCCN(c1ccccc1)c1ccc(C(=C2C=CC(=[N+](CCOC)c3ccccc3)C=C2)c2ccccc2S(=O)(=O)O)cc1.